The van der Waals surface area contributed by atoms with Crippen molar-refractivity contribution in [1.82, 2.24) is 0 Å². The molecule has 4 aliphatic heterocycles. The average Bonchev–Trinajstić information content (AvgIpc) is 3.31. The molecule has 0 bridgehead atoms. The summed E-state index contributed by atoms with van der Waals surface area (Å²) in [6, 6.07) is -1.40. The molecule has 1 unspecified atom stereocenters. The van der Waals surface area contributed by atoms with Crippen LogP contribution in [-0.2, 0) is 33.2 Å². The molecule has 0 spiro atoms. The van der Waals surface area contributed by atoms with E-state index in [1.807, 2.05) is 0 Å². The molecule has 0 radical (unpaired) electrons. The molecule has 4 saturated heterocycles. The van der Waals surface area contributed by atoms with Crippen LogP contribution in [0.2, 0.25) is 0 Å². The zero-order chi connectivity index (χ0) is 33.3. The Morgan fingerprint density at radius 2 is 0.956 bits per heavy atom. The minimum absolute atomic E-state index is 0.773. The van der Waals surface area contributed by atoms with Crippen molar-refractivity contribution in [1.29, 1.82) is 0 Å². The predicted octanol–water partition coefficient (Wildman–Crippen LogP) is -9.78. The van der Waals surface area contributed by atoms with Gasteiger partial charge >= 0.3 is 0 Å². The first-order valence-electron chi connectivity index (χ1n) is 14.2. The fraction of sp³-hybridized carbons (Fsp3) is 1.00. The van der Waals surface area contributed by atoms with Gasteiger partial charge in [-0.15, -0.1) is 0 Å². The Bertz CT molecular complexity index is 922. The molecule has 20 atom stereocenters. The Balaban J connectivity index is 1.52. The van der Waals surface area contributed by atoms with Crippen LogP contribution in [0.5, 0.6) is 0 Å². The van der Waals surface area contributed by atoms with E-state index in [0.717, 1.165) is 0 Å². The SMILES string of the molecule is N[C@H]1C(O)O[C@H](CO)[C@@H](O[C@H]2O[C@H](CO)[C@@H](O)[C@H](O[C@H]3O[C@H](CO)[C@@H](O)[C@H](O[C@H]4O[C@@H]([C@H](O)CO)[C@H](O)[C@H]4O)[C@@H]3O)[C@@H]2O)[C@@H]1O. The summed E-state index contributed by atoms with van der Waals surface area (Å²) in [5.41, 5.74) is 5.71. The lowest BCUT2D eigenvalue weighted by Gasteiger charge is -2.48. The van der Waals surface area contributed by atoms with E-state index in [1.165, 1.54) is 0 Å². The Kier molecular flexibility index (Phi) is 12.8. The van der Waals surface area contributed by atoms with Crippen molar-refractivity contribution in [2.45, 2.75) is 123 Å². The van der Waals surface area contributed by atoms with Crippen LogP contribution in [0.1, 0.15) is 0 Å². The number of nitrogens with two attached hydrogens (primary N) is 1. The monoisotopic (exact) mass is 665 g/mol. The molecular weight excluding hydrogens is 622 g/mol. The zero-order valence-electron chi connectivity index (χ0n) is 23.6. The number of hydrogen-bond acceptors (Lipinski definition) is 21. The van der Waals surface area contributed by atoms with Gasteiger partial charge in [0.25, 0.3) is 0 Å². The van der Waals surface area contributed by atoms with Gasteiger partial charge in [-0.1, -0.05) is 0 Å². The van der Waals surface area contributed by atoms with Gasteiger partial charge in [0.05, 0.1) is 32.5 Å². The summed E-state index contributed by atoms with van der Waals surface area (Å²) in [4.78, 5) is 0. The smallest absolute Gasteiger partial charge is 0.187 e. The van der Waals surface area contributed by atoms with Gasteiger partial charge in [0, 0.05) is 0 Å². The number of ether oxygens (including phenoxy) is 7. The molecule has 21 heteroatoms. The number of aliphatic hydroxyl groups is 13. The van der Waals surface area contributed by atoms with Crippen LogP contribution in [0.4, 0.5) is 0 Å². The topological polar surface area (TPSA) is 354 Å². The molecule has 45 heavy (non-hydrogen) atoms. The summed E-state index contributed by atoms with van der Waals surface area (Å²) in [5.74, 6) is 0. The quantitative estimate of drug-likeness (QED) is 0.0973. The lowest BCUT2D eigenvalue weighted by molar-refractivity contribution is -0.380. The molecule has 0 saturated carbocycles. The van der Waals surface area contributed by atoms with E-state index in [1.54, 1.807) is 0 Å². The van der Waals surface area contributed by atoms with E-state index in [0.29, 0.717) is 0 Å². The van der Waals surface area contributed by atoms with Gasteiger partial charge in [-0.25, -0.2) is 0 Å². The molecule has 0 amide bonds. The molecular formula is C24H43NO20. The first-order valence-corrected chi connectivity index (χ1v) is 14.2. The van der Waals surface area contributed by atoms with E-state index in [-0.39, 0.29) is 0 Å². The van der Waals surface area contributed by atoms with Gasteiger partial charge in [-0.05, 0) is 0 Å². The van der Waals surface area contributed by atoms with Gasteiger partial charge in [-0.2, -0.15) is 0 Å². The predicted molar refractivity (Wildman–Crippen MR) is 136 cm³/mol. The average molecular weight is 666 g/mol. The summed E-state index contributed by atoms with van der Waals surface area (Å²) < 4.78 is 38.0. The van der Waals surface area contributed by atoms with Crippen LogP contribution < -0.4 is 5.73 Å². The summed E-state index contributed by atoms with van der Waals surface area (Å²) in [7, 11) is 0. The molecule has 15 N–H and O–H groups in total. The van der Waals surface area contributed by atoms with Crippen molar-refractivity contribution < 1.29 is 99.5 Å². The largest absolute Gasteiger partial charge is 0.394 e. The summed E-state index contributed by atoms with van der Waals surface area (Å²) in [6.07, 6.45) is -32.7. The molecule has 4 rings (SSSR count). The molecule has 0 aromatic carbocycles. The maximum Gasteiger partial charge on any atom is 0.187 e. The Morgan fingerprint density at radius 1 is 0.511 bits per heavy atom. The van der Waals surface area contributed by atoms with E-state index in [9.17, 15) is 66.4 Å². The molecule has 0 aromatic rings. The van der Waals surface area contributed by atoms with Crippen LogP contribution in [0, 0.1) is 0 Å². The van der Waals surface area contributed by atoms with Gasteiger partial charge < -0.3 is 105 Å². The van der Waals surface area contributed by atoms with Crippen molar-refractivity contribution >= 4 is 0 Å². The van der Waals surface area contributed by atoms with Gasteiger partial charge in [0.1, 0.15) is 91.6 Å². The van der Waals surface area contributed by atoms with Crippen LogP contribution >= 0.6 is 0 Å². The maximum atomic E-state index is 11.1. The molecule has 0 aromatic heterocycles. The fourth-order valence-corrected chi connectivity index (χ4v) is 5.59. The molecule has 0 aliphatic carbocycles. The first-order chi connectivity index (χ1) is 21.3. The number of hydrogen-bond donors (Lipinski definition) is 14. The second-order valence-corrected chi connectivity index (χ2v) is 11.2. The third-order valence-corrected chi connectivity index (χ3v) is 8.26. The summed E-state index contributed by atoms with van der Waals surface area (Å²) in [5, 5.41) is 133. The Morgan fingerprint density at radius 3 is 1.40 bits per heavy atom. The van der Waals surface area contributed by atoms with E-state index >= 15 is 0 Å². The van der Waals surface area contributed by atoms with Crippen LogP contribution in [0.3, 0.4) is 0 Å². The van der Waals surface area contributed by atoms with Crippen molar-refractivity contribution in [3.63, 3.8) is 0 Å². The highest BCUT2D eigenvalue weighted by atomic mass is 16.8. The van der Waals surface area contributed by atoms with E-state index in [2.05, 4.69) is 0 Å². The second-order valence-electron chi connectivity index (χ2n) is 11.2. The van der Waals surface area contributed by atoms with Crippen molar-refractivity contribution in [2.75, 3.05) is 26.4 Å². The number of aliphatic hydroxyl groups excluding tert-OH is 13. The zero-order valence-corrected chi connectivity index (χ0v) is 23.6. The highest BCUT2D eigenvalue weighted by molar-refractivity contribution is 4.98. The summed E-state index contributed by atoms with van der Waals surface area (Å²) >= 11 is 0. The Labute approximate surface area is 255 Å². The van der Waals surface area contributed by atoms with E-state index < -0.39 is 149 Å². The fourth-order valence-electron chi connectivity index (χ4n) is 5.59. The van der Waals surface area contributed by atoms with Crippen molar-refractivity contribution in [2.24, 2.45) is 5.73 Å². The summed E-state index contributed by atoms with van der Waals surface area (Å²) in [6.45, 7) is -3.36. The van der Waals surface area contributed by atoms with Crippen LogP contribution in [-0.4, -0.2) is 216 Å². The lowest BCUT2D eigenvalue weighted by Crippen LogP contribution is -2.67. The van der Waals surface area contributed by atoms with Gasteiger partial charge in [-0.3, -0.25) is 0 Å². The molecule has 4 fully saturated rings. The Hall–Kier alpha value is -0.840. The third-order valence-electron chi connectivity index (χ3n) is 8.26. The first kappa shape index (κ1) is 37.0. The lowest BCUT2D eigenvalue weighted by atomic mass is 9.95. The van der Waals surface area contributed by atoms with Gasteiger partial charge in [0.15, 0.2) is 25.2 Å². The molecule has 264 valence electrons. The minimum atomic E-state index is -2.02. The van der Waals surface area contributed by atoms with Crippen LogP contribution in [0.15, 0.2) is 0 Å². The normalized spacial score (nSPS) is 51.7. The van der Waals surface area contributed by atoms with E-state index in [4.69, 9.17) is 38.9 Å². The van der Waals surface area contributed by atoms with Crippen molar-refractivity contribution in [3.05, 3.63) is 0 Å². The van der Waals surface area contributed by atoms with Crippen LogP contribution in [0.25, 0.3) is 0 Å². The second kappa shape index (κ2) is 15.6. The van der Waals surface area contributed by atoms with Gasteiger partial charge in [0.2, 0.25) is 0 Å². The molecule has 4 aliphatic rings. The molecule has 21 nitrogen and oxygen atoms in total. The highest BCUT2D eigenvalue weighted by Crippen LogP contribution is 2.34. The van der Waals surface area contributed by atoms with Crippen molar-refractivity contribution in [3.8, 4) is 0 Å². The maximum absolute atomic E-state index is 11.1. The molecule has 4 heterocycles. The standard InChI is InChI=1S/C24H43NO20/c25-9-12(33)18(8(4-29)39-21(9)38)43-23-15(36)20(11(32)6(2-27)40-23)45-24-16(37)19(10(31)7(3-28)41-24)44-22-14(35)13(34)17(42-22)5(30)1-26/h5-24,26-38H,1-4,25H2/t5-,6-,7-,8-,9-,10-,11-,12-,13-,14-,15+,16+,17+,18-,19+,20+,21?,22-,23-,24-/m1/s1. The minimum Gasteiger partial charge on any atom is -0.394 e. The number of rotatable bonds is 11. The highest BCUT2D eigenvalue weighted by Gasteiger charge is 2.55. The third kappa shape index (κ3) is 7.44.